The van der Waals surface area contributed by atoms with Crippen LogP contribution in [-0.2, 0) is 9.47 Å². The van der Waals surface area contributed by atoms with Gasteiger partial charge in [0.25, 0.3) is 0 Å². The molecule has 0 saturated heterocycles. The predicted octanol–water partition coefficient (Wildman–Crippen LogP) is 3.55. The number of ether oxygens (including phenoxy) is 2. The highest BCUT2D eigenvalue weighted by molar-refractivity contribution is 9.12. The smallest absolute Gasteiger partial charge is 0.133 e. The summed E-state index contributed by atoms with van der Waals surface area (Å²) in [6, 6.07) is 3.84. The van der Waals surface area contributed by atoms with E-state index in [2.05, 4.69) is 15.9 Å². The molecular formula is C12H13BrO3. The van der Waals surface area contributed by atoms with Gasteiger partial charge in [0, 0.05) is 12.3 Å². The lowest BCUT2D eigenvalue weighted by atomic mass is 9.96. The van der Waals surface area contributed by atoms with Crippen molar-refractivity contribution in [3.8, 4) is 0 Å². The first-order valence-corrected chi connectivity index (χ1v) is 5.77. The molecule has 3 nitrogen and oxygen atoms in total. The highest BCUT2D eigenvalue weighted by Crippen LogP contribution is 2.38. The van der Waals surface area contributed by atoms with E-state index in [1.807, 2.05) is 18.2 Å². The molecule has 0 spiro atoms. The van der Waals surface area contributed by atoms with Crippen molar-refractivity contribution in [1.29, 1.82) is 0 Å². The Morgan fingerprint density at radius 3 is 2.75 bits per heavy atom. The average Bonchev–Trinajstić information content (AvgIpc) is 2.83. The van der Waals surface area contributed by atoms with Gasteiger partial charge >= 0.3 is 0 Å². The van der Waals surface area contributed by atoms with E-state index in [0.29, 0.717) is 0 Å². The topological polar surface area (TPSA) is 31.6 Å². The SMILES string of the molecule is COC1=CC(c2ccco2)CC(OC)=C1Br. The fourth-order valence-electron chi connectivity index (χ4n) is 1.76. The van der Waals surface area contributed by atoms with Gasteiger partial charge in [0.15, 0.2) is 0 Å². The number of hydrogen-bond donors (Lipinski definition) is 0. The second kappa shape index (κ2) is 4.78. The third-order valence-electron chi connectivity index (χ3n) is 2.59. The normalized spacial score (nSPS) is 20.7. The minimum atomic E-state index is 0.168. The maximum atomic E-state index is 5.40. The molecule has 1 unspecified atom stereocenters. The minimum absolute atomic E-state index is 0.168. The van der Waals surface area contributed by atoms with Crippen molar-refractivity contribution < 1.29 is 13.9 Å². The molecule has 16 heavy (non-hydrogen) atoms. The second-order valence-corrected chi connectivity index (χ2v) is 4.30. The molecule has 1 heterocycles. The summed E-state index contributed by atoms with van der Waals surface area (Å²) in [7, 11) is 3.30. The Balaban J connectivity index is 2.31. The molecule has 2 rings (SSSR count). The third-order valence-corrected chi connectivity index (χ3v) is 3.43. The van der Waals surface area contributed by atoms with Crippen LogP contribution >= 0.6 is 15.9 Å². The molecular weight excluding hydrogens is 272 g/mol. The van der Waals surface area contributed by atoms with Crippen LogP contribution in [0.1, 0.15) is 18.1 Å². The standard InChI is InChI=1S/C12H13BrO3/c1-14-10-6-8(9-4-3-5-16-9)7-11(15-2)12(10)13/h3-6,8H,7H2,1-2H3. The van der Waals surface area contributed by atoms with Crippen molar-refractivity contribution >= 4 is 15.9 Å². The van der Waals surface area contributed by atoms with Crippen molar-refractivity contribution in [2.45, 2.75) is 12.3 Å². The van der Waals surface area contributed by atoms with Crippen LogP contribution in [0.2, 0.25) is 0 Å². The van der Waals surface area contributed by atoms with Crippen molar-refractivity contribution in [3.05, 3.63) is 46.2 Å². The largest absolute Gasteiger partial charge is 0.500 e. The Morgan fingerprint density at radius 1 is 1.38 bits per heavy atom. The van der Waals surface area contributed by atoms with Gasteiger partial charge in [-0.25, -0.2) is 0 Å². The molecule has 1 aromatic rings. The van der Waals surface area contributed by atoms with Crippen molar-refractivity contribution in [1.82, 2.24) is 0 Å². The third kappa shape index (κ3) is 2.02. The molecule has 0 aliphatic heterocycles. The Morgan fingerprint density at radius 2 is 2.19 bits per heavy atom. The zero-order chi connectivity index (χ0) is 11.5. The molecule has 0 radical (unpaired) electrons. The van der Waals surface area contributed by atoms with E-state index in [-0.39, 0.29) is 5.92 Å². The van der Waals surface area contributed by atoms with Crippen LogP contribution in [0.5, 0.6) is 0 Å². The van der Waals surface area contributed by atoms with Crippen LogP contribution in [0.3, 0.4) is 0 Å². The van der Waals surface area contributed by atoms with E-state index in [9.17, 15) is 0 Å². The summed E-state index contributed by atoms with van der Waals surface area (Å²) in [5.41, 5.74) is 0. The van der Waals surface area contributed by atoms with E-state index in [0.717, 1.165) is 28.2 Å². The van der Waals surface area contributed by atoms with Crippen LogP contribution in [0.15, 0.2) is 44.9 Å². The molecule has 1 aliphatic carbocycles. The van der Waals surface area contributed by atoms with E-state index in [1.165, 1.54) is 0 Å². The highest BCUT2D eigenvalue weighted by Gasteiger charge is 2.24. The Labute approximate surface area is 103 Å². The highest BCUT2D eigenvalue weighted by atomic mass is 79.9. The maximum Gasteiger partial charge on any atom is 0.133 e. The number of halogens is 1. The van der Waals surface area contributed by atoms with Gasteiger partial charge in [0.1, 0.15) is 17.3 Å². The van der Waals surface area contributed by atoms with Crippen LogP contribution in [0, 0.1) is 0 Å². The first-order valence-electron chi connectivity index (χ1n) is 4.98. The van der Waals surface area contributed by atoms with Gasteiger partial charge in [-0.2, -0.15) is 0 Å². The zero-order valence-corrected chi connectivity index (χ0v) is 10.8. The first kappa shape index (κ1) is 11.3. The monoisotopic (exact) mass is 284 g/mol. The van der Waals surface area contributed by atoms with E-state index in [1.54, 1.807) is 20.5 Å². The van der Waals surface area contributed by atoms with Gasteiger partial charge in [-0.05, 0) is 34.1 Å². The Bertz CT molecular complexity index is 417. The summed E-state index contributed by atoms with van der Waals surface area (Å²) >= 11 is 3.46. The fraction of sp³-hybridized carbons (Fsp3) is 0.333. The Kier molecular flexibility index (Phi) is 3.39. The molecule has 1 aromatic heterocycles. The van der Waals surface area contributed by atoms with E-state index in [4.69, 9.17) is 13.9 Å². The Hall–Kier alpha value is -1.16. The summed E-state index contributed by atoms with van der Waals surface area (Å²) in [6.07, 6.45) is 4.48. The number of allylic oxidation sites excluding steroid dienone is 3. The van der Waals surface area contributed by atoms with Gasteiger partial charge in [0.2, 0.25) is 0 Å². The van der Waals surface area contributed by atoms with Gasteiger partial charge in [-0.3, -0.25) is 0 Å². The molecule has 4 heteroatoms. The lowest BCUT2D eigenvalue weighted by molar-refractivity contribution is 0.247. The molecule has 0 bridgehead atoms. The average molecular weight is 285 g/mol. The van der Waals surface area contributed by atoms with Gasteiger partial charge < -0.3 is 13.9 Å². The molecule has 0 aromatic carbocycles. The van der Waals surface area contributed by atoms with Crippen molar-refractivity contribution in [2.75, 3.05) is 14.2 Å². The summed E-state index contributed by atoms with van der Waals surface area (Å²) in [5.74, 6) is 2.75. The number of methoxy groups -OCH3 is 2. The maximum absolute atomic E-state index is 5.40. The summed E-state index contributed by atoms with van der Waals surface area (Å²) < 4.78 is 16.9. The van der Waals surface area contributed by atoms with Crippen LogP contribution in [0.25, 0.3) is 0 Å². The van der Waals surface area contributed by atoms with Crippen molar-refractivity contribution in [3.63, 3.8) is 0 Å². The fourth-order valence-corrected chi connectivity index (χ4v) is 2.37. The molecule has 0 amide bonds. The number of furan rings is 1. The number of rotatable bonds is 3. The first-order chi connectivity index (χ1) is 7.76. The quantitative estimate of drug-likeness (QED) is 0.851. The molecule has 0 N–H and O–H groups in total. The lowest BCUT2D eigenvalue weighted by Crippen LogP contribution is -2.08. The number of hydrogen-bond acceptors (Lipinski definition) is 3. The zero-order valence-electron chi connectivity index (χ0n) is 9.20. The van der Waals surface area contributed by atoms with Gasteiger partial charge in [-0.15, -0.1) is 0 Å². The molecule has 0 saturated carbocycles. The van der Waals surface area contributed by atoms with Crippen LogP contribution < -0.4 is 0 Å². The van der Waals surface area contributed by atoms with Crippen LogP contribution in [-0.4, -0.2) is 14.2 Å². The van der Waals surface area contributed by atoms with E-state index >= 15 is 0 Å². The molecule has 0 fully saturated rings. The summed E-state index contributed by atoms with van der Waals surface area (Å²) in [5, 5.41) is 0. The second-order valence-electron chi connectivity index (χ2n) is 3.50. The van der Waals surface area contributed by atoms with Gasteiger partial charge in [-0.1, -0.05) is 0 Å². The summed E-state index contributed by atoms with van der Waals surface area (Å²) in [6.45, 7) is 0. The van der Waals surface area contributed by atoms with Crippen LogP contribution in [0.4, 0.5) is 0 Å². The predicted molar refractivity (Wildman–Crippen MR) is 64.1 cm³/mol. The minimum Gasteiger partial charge on any atom is -0.500 e. The van der Waals surface area contributed by atoms with Crippen molar-refractivity contribution in [2.24, 2.45) is 0 Å². The molecule has 1 aliphatic rings. The summed E-state index contributed by atoms with van der Waals surface area (Å²) in [4.78, 5) is 0. The molecule has 1 atom stereocenters. The van der Waals surface area contributed by atoms with E-state index < -0.39 is 0 Å². The molecule has 86 valence electrons. The lowest BCUT2D eigenvalue weighted by Gasteiger charge is -2.21. The van der Waals surface area contributed by atoms with Gasteiger partial charge in [0.05, 0.1) is 25.0 Å².